The summed E-state index contributed by atoms with van der Waals surface area (Å²) in [5, 5.41) is 3.40. The highest BCUT2D eigenvalue weighted by atomic mass is 32.2. The Morgan fingerprint density at radius 3 is 2.84 bits per heavy atom. The Bertz CT molecular complexity index is 728. The fraction of sp³-hybridized carbons (Fsp3) is 0.462. The molecule has 1 aliphatic heterocycles. The maximum absolute atomic E-state index is 11.8. The highest BCUT2D eigenvalue weighted by Crippen LogP contribution is 2.28. The van der Waals surface area contributed by atoms with Crippen LogP contribution >= 0.6 is 0 Å². The number of rotatable bonds is 2. The van der Waals surface area contributed by atoms with E-state index in [1.807, 2.05) is 17.7 Å². The normalized spacial score (nSPS) is 20.2. The second-order valence-electron chi connectivity index (χ2n) is 5.07. The highest BCUT2D eigenvalue weighted by molar-refractivity contribution is 7.91. The summed E-state index contributed by atoms with van der Waals surface area (Å²) in [4.78, 5) is 4.89. The lowest BCUT2D eigenvalue weighted by atomic mass is 10.2. The molecule has 0 amide bonds. The lowest BCUT2D eigenvalue weighted by Gasteiger charge is -2.09. The number of para-hydroxylation sites is 1. The molecule has 1 aromatic carbocycles. The number of aryl methyl sites for hydroxylation is 1. The number of aromatic nitrogens is 2. The lowest BCUT2D eigenvalue weighted by molar-refractivity contribution is 0.584. The first kappa shape index (κ1) is 12.6. The molecule has 1 aromatic heterocycles. The predicted molar refractivity (Wildman–Crippen MR) is 73.8 cm³/mol. The average molecular weight is 279 g/mol. The van der Waals surface area contributed by atoms with E-state index in [0.29, 0.717) is 10.4 Å². The van der Waals surface area contributed by atoms with Gasteiger partial charge in [-0.2, -0.15) is 0 Å². The first-order valence-corrected chi connectivity index (χ1v) is 8.26. The van der Waals surface area contributed by atoms with E-state index in [9.17, 15) is 8.42 Å². The van der Waals surface area contributed by atoms with E-state index in [0.717, 1.165) is 30.7 Å². The fourth-order valence-corrected chi connectivity index (χ4v) is 3.55. The predicted octanol–water partition coefficient (Wildman–Crippen LogP) is 1.40. The van der Waals surface area contributed by atoms with Gasteiger partial charge in [0.2, 0.25) is 0 Å². The van der Waals surface area contributed by atoms with Crippen LogP contribution in [0.4, 0.5) is 0 Å². The van der Waals surface area contributed by atoms with E-state index < -0.39 is 9.84 Å². The number of sulfone groups is 1. The molecule has 0 saturated carbocycles. The standard InChI is InChI=1S/C13H17N3O2S/c1-16-10-6-3-7-11(19(2,17)18)12(10)15-13(16)9-5-4-8-14-9/h3,6-7,9,14H,4-5,8H2,1-2H3. The zero-order valence-electron chi connectivity index (χ0n) is 11.0. The Hall–Kier alpha value is -1.40. The largest absolute Gasteiger partial charge is 0.330 e. The van der Waals surface area contributed by atoms with Gasteiger partial charge in [-0.05, 0) is 31.5 Å². The Labute approximate surface area is 112 Å². The first-order chi connectivity index (χ1) is 8.98. The quantitative estimate of drug-likeness (QED) is 0.902. The molecule has 1 saturated heterocycles. The Morgan fingerprint density at radius 2 is 2.21 bits per heavy atom. The van der Waals surface area contributed by atoms with Crippen LogP contribution in [-0.2, 0) is 16.9 Å². The van der Waals surface area contributed by atoms with Crippen molar-refractivity contribution < 1.29 is 8.42 Å². The number of benzene rings is 1. The molecule has 2 heterocycles. The van der Waals surface area contributed by atoms with E-state index in [1.54, 1.807) is 12.1 Å². The molecule has 2 aromatic rings. The SMILES string of the molecule is Cn1c(C2CCCN2)nc2c(S(C)(=O)=O)cccc21. The second-order valence-corrected chi connectivity index (χ2v) is 7.06. The van der Waals surface area contributed by atoms with Crippen molar-refractivity contribution in [1.82, 2.24) is 14.9 Å². The van der Waals surface area contributed by atoms with Gasteiger partial charge in [-0.15, -0.1) is 0 Å². The average Bonchev–Trinajstić information content (AvgIpc) is 2.96. The number of hydrogen-bond donors (Lipinski definition) is 1. The minimum atomic E-state index is -3.25. The summed E-state index contributed by atoms with van der Waals surface area (Å²) in [6, 6.07) is 5.53. The van der Waals surface area contributed by atoms with Crippen molar-refractivity contribution >= 4 is 20.9 Å². The summed E-state index contributed by atoms with van der Waals surface area (Å²) in [6.45, 7) is 0.993. The van der Waals surface area contributed by atoms with Crippen molar-refractivity contribution in [3.63, 3.8) is 0 Å². The molecule has 1 unspecified atom stereocenters. The molecule has 0 radical (unpaired) electrons. The molecule has 6 heteroatoms. The van der Waals surface area contributed by atoms with Crippen LogP contribution in [0.15, 0.2) is 23.1 Å². The molecule has 0 aliphatic carbocycles. The van der Waals surface area contributed by atoms with Crippen molar-refractivity contribution in [3.8, 4) is 0 Å². The van der Waals surface area contributed by atoms with Gasteiger partial charge < -0.3 is 9.88 Å². The van der Waals surface area contributed by atoms with Crippen LogP contribution in [0, 0.1) is 0 Å². The number of nitrogens with one attached hydrogen (secondary N) is 1. The summed E-state index contributed by atoms with van der Waals surface area (Å²) in [5.74, 6) is 0.920. The number of nitrogens with zero attached hydrogens (tertiary/aromatic N) is 2. The third-order valence-corrected chi connectivity index (χ3v) is 4.81. The van der Waals surface area contributed by atoms with E-state index in [-0.39, 0.29) is 6.04 Å². The minimum Gasteiger partial charge on any atom is -0.330 e. The fourth-order valence-electron chi connectivity index (χ4n) is 2.72. The van der Waals surface area contributed by atoms with Crippen LogP contribution in [0.3, 0.4) is 0 Å². The summed E-state index contributed by atoms with van der Waals surface area (Å²) in [6.07, 6.45) is 3.40. The summed E-state index contributed by atoms with van der Waals surface area (Å²) >= 11 is 0. The van der Waals surface area contributed by atoms with E-state index >= 15 is 0 Å². The molecule has 1 aliphatic rings. The van der Waals surface area contributed by atoms with Crippen molar-refractivity contribution in [2.24, 2.45) is 7.05 Å². The van der Waals surface area contributed by atoms with Gasteiger partial charge in [0.1, 0.15) is 11.3 Å². The highest BCUT2D eigenvalue weighted by Gasteiger charge is 2.24. The lowest BCUT2D eigenvalue weighted by Crippen LogP contribution is -2.16. The number of fused-ring (bicyclic) bond motifs is 1. The molecule has 102 valence electrons. The molecule has 1 fully saturated rings. The van der Waals surface area contributed by atoms with Gasteiger partial charge in [0, 0.05) is 13.3 Å². The van der Waals surface area contributed by atoms with Crippen LogP contribution in [0.25, 0.3) is 11.0 Å². The Balaban J connectivity index is 2.25. The van der Waals surface area contributed by atoms with Crippen LogP contribution in [-0.4, -0.2) is 30.8 Å². The molecule has 0 spiro atoms. The number of hydrogen-bond acceptors (Lipinski definition) is 4. The zero-order chi connectivity index (χ0) is 13.6. The summed E-state index contributed by atoms with van der Waals surface area (Å²) in [7, 11) is -1.31. The van der Waals surface area contributed by atoms with Gasteiger partial charge in [0.15, 0.2) is 9.84 Å². The van der Waals surface area contributed by atoms with Crippen molar-refractivity contribution in [1.29, 1.82) is 0 Å². The minimum absolute atomic E-state index is 0.227. The van der Waals surface area contributed by atoms with Crippen LogP contribution < -0.4 is 5.32 Å². The van der Waals surface area contributed by atoms with Gasteiger partial charge in [0.05, 0.1) is 16.5 Å². The molecule has 1 atom stereocenters. The molecule has 0 bridgehead atoms. The maximum Gasteiger partial charge on any atom is 0.177 e. The third-order valence-electron chi connectivity index (χ3n) is 3.68. The van der Waals surface area contributed by atoms with Crippen molar-refractivity contribution in [2.75, 3.05) is 12.8 Å². The van der Waals surface area contributed by atoms with E-state index in [2.05, 4.69) is 10.3 Å². The van der Waals surface area contributed by atoms with Gasteiger partial charge in [0.25, 0.3) is 0 Å². The smallest absolute Gasteiger partial charge is 0.177 e. The van der Waals surface area contributed by atoms with E-state index in [4.69, 9.17) is 0 Å². The van der Waals surface area contributed by atoms with Crippen molar-refractivity contribution in [2.45, 2.75) is 23.8 Å². The Morgan fingerprint density at radius 1 is 1.42 bits per heavy atom. The van der Waals surface area contributed by atoms with Gasteiger partial charge >= 0.3 is 0 Å². The number of imidazole rings is 1. The summed E-state index contributed by atoms with van der Waals surface area (Å²) < 4.78 is 25.6. The Kier molecular flexibility index (Phi) is 2.87. The zero-order valence-corrected chi connectivity index (χ0v) is 11.9. The summed E-state index contributed by atoms with van der Waals surface area (Å²) in [5.41, 5.74) is 1.45. The van der Waals surface area contributed by atoms with Crippen LogP contribution in [0.5, 0.6) is 0 Å². The monoisotopic (exact) mass is 279 g/mol. The van der Waals surface area contributed by atoms with Crippen molar-refractivity contribution in [3.05, 3.63) is 24.0 Å². The van der Waals surface area contributed by atoms with Gasteiger partial charge in [-0.1, -0.05) is 6.07 Å². The maximum atomic E-state index is 11.8. The molecule has 1 N–H and O–H groups in total. The van der Waals surface area contributed by atoms with Gasteiger partial charge in [-0.3, -0.25) is 0 Å². The molecule has 19 heavy (non-hydrogen) atoms. The molecule has 5 nitrogen and oxygen atoms in total. The molecule has 3 rings (SSSR count). The first-order valence-electron chi connectivity index (χ1n) is 6.37. The second kappa shape index (κ2) is 4.31. The molecular weight excluding hydrogens is 262 g/mol. The van der Waals surface area contributed by atoms with Crippen LogP contribution in [0.1, 0.15) is 24.7 Å². The van der Waals surface area contributed by atoms with Gasteiger partial charge in [-0.25, -0.2) is 13.4 Å². The third kappa shape index (κ3) is 2.04. The van der Waals surface area contributed by atoms with Crippen LogP contribution in [0.2, 0.25) is 0 Å². The van der Waals surface area contributed by atoms with E-state index in [1.165, 1.54) is 6.26 Å². The molecular formula is C13H17N3O2S. The topological polar surface area (TPSA) is 64.0 Å².